The number of nitrogens with zero attached hydrogens (tertiary/aromatic N) is 3. The number of ether oxygens (including phenoxy) is 1. The highest BCUT2D eigenvalue weighted by Gasteiger charge is 2.33. The van der Waals surface area contributed by atoms with E-state index >= 15 is 0 Å². The molecule has 2 unspecified atom stereocenters. The first-order valence-electron chi connectivity index (χ1n) is 10.2. The van der Waals surface area contributed by atoms with Gasteiger partial charge in [-0.25, -0.2) is 14.3 Å². The van der Waals surface area contributed by atoms with E-state index in [9.17, 15) is 14.4 Å². The van der Waals surface area contributed by atoms with E-state index in [2.05, 4.69) is 15.3 Å². The fourth-order valence-electron chi connectivity index (χ4n) is 4.86. The molecule has 0 amide bonds. The summed E-state index contributed by atoms with van der Waals surface area (Å²) >= 11 is 0. The zero-order valence-electron chi connectivity index (χ0n) is 16.6. The van der Waals surface area contributed by atoms with Crippen molar-refractivity contribution in [1.82, 2.24) is 24.4 Å². The van der Waals surface area contributed by atoms with E-state index in [1.807, 2.05) is 24.3 Å². The second-order valence-corrected chi connectivity index (χ2v) is 8.04. The van der Waals surface area contributed by atoms with Gasteiger partial charge in [0.05, 0.1) is 24.3 Å². The molecule has 0 spiro atoms. The minimum absolute atomic E-state index is 0.0149. The van der Waals surface area contributed by atoms with Crippen LogP contribution in [0.25, 0.3) is 16.9 Å². The quantitative estimate of drug-likeness (QED) is 0.670. The molecular formula is C21H23N5O4. The summed E-state index contributed by atoms with van der Waals surface area (Å²) in [6.45, 7) is 0. The van der Waals surface area contributed by atoms with Gasteiger partial charge in [0, 0.05) is 18.1 Å². The Morgan fingerprint density at radius 3 is 2.57 bits per heavy atom. The van der Waals surface area contributed by atoms with Crippen LogP contribution in [0.4, 0.5) is 0 Å². The topological polar surface area (TPSA) is 111 Å². The predicted octanol–water partition coefficient (Wildman–Crippen LogP) is 1.09. The van der Waals surface area contributed by atoms with Gasteiger partial charge in [-0.1, -0.05) is 18.6 Å². The number of nitrogens with one attached hydrogen (secondary N) is 2. The van der Waals surface area contributed by atoms with Crippen LogP contribution in [0.1, 0.15) is 38.1 Å². The van der Waals surface area contributed by atoms with Gasteiger partial charge in [-0.2, -0.15) is 0 Å². The van der Waals surface area contributed by atoms with E-state index in [1.54, 1.807) is 4.57 Å². The largest absolute Gasteiger partial charge is 0.490 e. The average molecular weight is 409 g/mol. The number of H-pyrrole nitrogens is 1. The molecule has 5 rings (SSSR count). The summed E-state index contributed by atoms with van der Waals surface area (Å²) in [6, 6.07) is 8.24. The lowest BCUT2D eigenvalue weighted by atomic mass is 9.84. The number of aromatic nitrogens is 4. The van der Waals surface area contributed by atoms with E-state index in [0.29, 0.717) is 17.6 Å². The van der Waals surface area contributed by atoms with Crippen LogP contribution in [0.3, 0.4) is 0 Å². The molecule has 3 aromatic rings. The number of rotatable bonds is 3. The molecule has 1 aromatic carbocycles. The van der Waals surface area contributed by atoms with Crippen molar-refractivity contribution < 1.29 is 4.74 Å². The minimum atomic E-state index is -0.727. The third-order valence-corrected chi connectivity index (χ3v) is 6.19. The molecule has 2 aromatic heterocycles. The van der Waals surface area contributed by atoms with Gasteiger partial charge in [0.25, 0.3) is 11.1 Å². The third-order valence-electron chi connectivity index (χ3n) is 6.19. The van der Waals surface area contributed by atoms with E-state index < -0.39 is 11.2 Å². The van der Waals surface area contributed by atoms with Crippen molar-refractivity contribution in [2.75, 3.05) is 7.11 Å². The number of hydrogen-bond donors (Lipinski definition) is 2. The Labute approximate surface area is 171 Å². The summed E-state index contributed by atoms with van der Waals surface area (Å²) in [5.74, 6) is -0.108. The van der Waals surface area contributed by atoms with Gasteiger partial charge in [0.15, 0.2) is 0 Å². The van der Waals surface area contributed by atoms with Crippen LogP contribution >= 0.6 is 0 Å². The predicted molar refractivity (Wildman–Crippen MR) is 112 cm³/mol. The van der Waals surface area contributed by atoms with Crippen LogP contribution in [-0.4, -0.2) is 38.3 Å². The van der Waals surface area contributed by atoms with Crippen molar-refractivity contribution in [3.8, 4) is 11.6 Å². The van der Waals surface area contributed by atoms with E-state index in [1.165, 1.54) is 19.7 Å². The molecule has 2 bridgehead atoms. The Kier molecular flexibility index (Phi) is 4.54. The van der Waals surface area contributed by atoms with Gasteiger partial charge in [0.2, 0.25) is 11.6 Å². The summed E-state index contributed by atoms with van der Waals surface area (Å²) in [4.78, 5) is 44.7. The van der Waals surface area contributed by atoms with Crippen LogP contribution < -0.4 is 26.9 Å². The molecule has 2 N–H and O–H groups in total. The monoisotopic (exact) mass is 409 g/mol. The number of aromatic amines is 1. The smallest absolute Gasteiger partial charge is 0.334 e. The zero-order valence-corrected chi connectivity index (χ0v) is 16.6. The van der Waals surface area contributed by atoms with Gasteiger partial charge in [0.1, 0.15) is 0 Å². The molecule has 2 fully saturated rings. The summed E-state index contributed by atoms with van der Waals surface area (Å²) < 4.78 is 7.89. The number of benzene rings is 1. The van der Waals surface area contributed by atoms with E-state index in [-0.39, 0.29) is 23.2 Å². The van der Waals surface area contributed by atoms with Crippen molar-refractivity contribution >= 4 is 11.0 Å². The molecule has 0 saturated carbocycles. The first kappa shape index (κ1) is 18.8. The van der Waals surface area contributed by atoms with Gasteiger partial charge in [-0.3, -0.25) is 14.6 Å². The van der Waals surface area contributed by atoms with Crippen LogP contribution in [-0.2, 0) is 0 Å². The second-order valence-electron chi connectivity index (χ2n) is 8.04. The van der Waals surface area contributed by atoms with Crippen LogP contribution in [0.2, 0.25) is 0 Å². The minimum Gasteiger partial charge on any atom is -0.490 e. The molecule has 2 atom stereocenters. The maximum absolute atomic E-state index is 13.6. The van der Waals surface area contributed by atoms with Crippen molar-refractivity contribution in [3.63, 3.8) is 0 Å². The molecule has 0 radical (unpaired) electrons. The highest BCUT2D eigenvalue weighted by atomic mass is 16.5. The molecule has 2 aliphatic heterocycles. The number of piperidine rings is 2. The normalized spacial score (nSPS) is 23.4. The Morgan fingerprint density at radius 1 is 1.10 bits per heavy atom. The summed E-state index contributed by atoms with van der Waals surface area (Å²) in [5, 5.41) is 3.65. The number of hydrogen-bond acceptors (Lipinski definition) is 6. The molecule has 0 aliphatic carbocycles. The Hall–Kier alpha value is -3.20. The summed E-state index contributed by atoms with van der Waals surface area (Å²) in [6.07, 6.45) is 6.35. The third kappa shape index (κ3) is 3.06. The summed E-state index contributed by atoms with van der Waals surface area (Å²) in [7, 11) is 1.33. The van der Waals surface area contributed by atoms with Crippen LogP contribution in [0.5, 0.6) is 5.75 Å². The highest BCUT2D eigenvalue weighted by Crippen LogP contribution is 2.33. The van der Waals surface area contributed by atoms with Gasteiger partial charge in [-0.15, -0.1) is 0 Å². The van der Waals surface area contributed by atoms with Crippen molar-refractivity contribution in [2.45, 2.75) is 50.2 Å². The number of para-hydroxylation sites is 2. The lowest BCUT2D eigenvalue weighted by Gasteiger charge is -2.41. The molecular weight excluding hydrogens is 386 g/mol. The standard InChI is InChI=1S/C21H23N5O4/c1-30-17-11-25(21(29)24-19(17)27)18-20(28)26(16-8-3-2-7-15(16)23-18)14-9-12-5-4-6-13(10-14)22-12/h2-3,7-8,11-14,22H,4-6,9-10H2,1H3,(H,24,27,29). The Balaban J connectivity index is 1.74. The first-order chi connectivity index (χ1) is 14.5. The Bertz CT molecular complexity index is 1280. The van der Waals surface area contributed by atoms with E-state index in [4.69, 9.17) is 4.74 Å². The lowest BCUT2D eigenvalue weighted by molar-refractivity contribution is 0.188. The maximum Gasteiger partial charge on any atom is 0.334 e. The fraction of sp³-hybridized carbons (Fsp3) is 0.429. The molecule has 9 heteroatoms. The Morgan fingerprint density at radius 2 is 1.83 bits per heavy atom. The van der Waals surface area contributed by atoms with Crippen molar-refractivity contribution in [1.29, 1.82) is 0 Å². The second kappa shape index (κ2) is 7.24. The molecule has 9 nitrogen and oxygen atoms in total. The molecule has 2 aliphatic rings. The number of methoxy groups -OCH3 is 1. The maximum atomic E-state index is 13.6. The van der Waals surface area contributed by atoms with Crippen LogP contribution in [0, 0.1) is 0 Å². The highest BCUT2D eigenvalue weighted by molar-refractivity contribution is 5.75. The zero-order chi connectivity index (χ0) is 20.8. The van der Waals surface area contributed by atoms with Gasteiger partial charge >= 0.3 is 5.69 Å². The molecule has 2 saturated heterocycles. The van der Waals surface area contributed by atoms with E-state index in [0.717, 1.165) is 35.8 Å². The number of fused-ring (bicyclic) bond motifs is 3. The van der Waals surface area contributed by atoms with Gasteiger partial charge < -0.3 is 14.6 Å². The summed E-state index contributed by atoms with van der Waals surface area (Å²) in [5.41, 5.74) is -0.358. The lowest BCUT2D eigenvalue weighted by Crippen LogP contribution is -2.50. The first-order valence-corrected chi connectivity index (χ1v) is 10.2. The fourth-order valence-corrected chi connectivity index (χ4v) is 4.86. The molecule has 156 valence electrons. The van der Waals surface area contributed by atoms with Gasteiger partial charge in [-0.05, 0) is 37.8 Å². The molecule has 4 heterocycles. The van der Waals surface area contributed by atoms with Crippen molar-refractivity contribution in [3.05, 3.63) is 61.7 Å². The SMILES string of the molecule is COc1cn(-c2nc3ccccc3n(C3CC4CCCC(C3)N4)c2=O)c(=O)[nH]c1=O. The van der Waals surface area contributed by atoms with Crippen molar-refractivity contribution in [2.24, 2.45) is 0 Å². The average Bonchev–Trinajstić information content (AvgIpc) is 2.73. The molecule has 30 heavy (non-hydrogen) atoms. The van der Waals surface area contributed by atoms with Crippen LogP contribution in [0.15, 0.2) is 44.8 Å².